The number of hydrogen-bond acceptors (Lipinski definition) is 1. The average molecular weight is 353 g/mol. The van der Waals surface area contributed by atoms with Gasteiger partial charge >= 0.3 is 0 Å². The van der Waals surface area contributed by atoms with Gasteiger partial charge in [-0.05, 0) is 48.6 Å². The molecule has 0 saturated heterocycles. The van der Waals surface area contributed by atoms with Crippen molar-refractivity contribution in [2.75, 3.05) is 0 Å². The summed E-state index contributed by atoms with van der Waals surface area (Å²) in [6.07, 6.45) is 3.23. The van der Waals surface area contributed by atoms with E-state index in [0.717, 1.165) is 17.4 Å². The van der Waals surface area contributed by atoms with Crippen LogP contribution in [0.15, 0.2) is 46.9 Å². The maximum atomic E-state index is 6.02. The molecule has 1 nitrogen and oxygen atoms in total. The molecule has 0 fully saturated rings. The zero-order valence-corrected chi connectivity index (χ0v) is 14.3. The third kappa shape index (κ3) is 2.14. The van der Waals surface area contributed by atoms with Gasteiger partial charge in [-0.15, -0.1) is 0 Å². The van der Waals surface area contributed by atoms with Crippen molar-refractivity contribution in [3.8, 4) is 11.1 Å². The first-order chi connectivity index (χ1) is 10.6. The van der Waals surface area contributed by atoms with Crippen LogP contribution in [0, 0.1) is 12.8 Å². The summed E-state index contributed by atoms with van der Waals surface area (Å²) in [5.74, 6) is 0.510. The van der Waals surface area contributed by atoms with Crippen LogP contribution in [0.1, 0.15) is 18.9 Å². The molecule has 4 rings (SSSR count). The lowest BCUT2D eigenvalue weighted by Crippen LogP contribution is -2.27. The number of hydrogen-bond donors (Lipinski definition) is 0. The topological polar surface area (TPSA) is 13.1 Å². The molecule has 1 atom stereocenters. The van der Waals surface area contributed by atoms with E-state index in [9.17, 15) is 0 Å². The van der Waals surface area contributed by atoms with E-state index in [4.69, 9.17) is 4.42 Å². The van der Waals surface area contributed by atoms with E-state index in [1.54, 1.807) is 0 Å². The summed E-state index contributed by atoms with van der Waals surface area (Å²) in [6, 6.07) is 15.1. The Morgan fingerprint density at radius 3 is 2.73 bits per heavy atom. The van der Waals surface area contributed by atoms with Gasteiger partial charge in [0.1, 0.15) is 11.0 Å². The SMILES string of the molecule is Cc1cccc(-c2ccc3oc4c(c3c2)=C(Br)C(C)CC=4)c1. The van der Waals surface area contributed by atoms with Crippen molar-refractivity contribution in [3.05, 3.63) is 58.7 Å². The molecule has 1 aliphatic rings. The monoisotopic (exact) mass is 352 g/mol. The van der Waals surface area contributed by atoms with Crippen molar-refractivity contribution in [3.63, 3.8) is 0 Å². The molecule has 0 aliphatic heterocycles. The van der Waals surface area contributed by atoms with Gasteiger partial charge in [0.2, 0.25) is 0 Å². The van der Waals surface area contributed by atoms with Crippen LogP contribution in [0.5, 0.6) is 0 Å². The Bertz CT molecular complexity index is 994. The van der Waals surface area contributed by atoms with Gasteiger partial charge in [0.15, 0.2) is 0 Å². The molecule has 0 bridgehead atoms. The smallest absolute Gasteiger partial charge is 0.135 e. The molecule has 0 spiro atoms. The van der Waals surface area contributed by atoms with Gasteiger partial charge in [-0.3, -0.25) is 0 Å². The van der Waals surface area contributed by atoms with E-state index < -0.39 is 0 Å². The Morgan fingerprint density at radius 2 is 1.91 bits per heavy atom. The maximum Gasteiger partial charge on any atom is 0.135 e. The number of halogens is 1. The van der Waals surface area contributed by atoms with Gasteiger partial charge in [-0.1, -0.05) is 58.7 Å². The van der Waals surface area contributed by atoms with Crippen LogP contribution < -0.4 is 10.6 Å². The summed E-state index contributed by atoms with van der Waals surface area (Å²) in [7, 11) is 0. The molecular formula is C20H17BrO. The number of benzene rings is 2. The third-order valence-electron chi connectivity index (χ3n) is 4.39. The van der Waals surface area contributed by atoms with Crippen molar-refractivity contribution < 1.29 is 4.42 Å². The lowest BCUT2D eigenvalue weighted by atomic mass is 9.98. The normalized spacial score (nSPS) is 17.4. The maximum absolute atomic E-state index is 6.02. The van der Waals surface area contributed by atoms with Crippen LogP contribution in [0.25, 0.3) is 32.7 Å². The number of aryl methyl sites for hydroxylation is 1. The zero-order valence-electron chi connectivity index (χ0n) is 12.7. The van der Waals surface area contributed by atoms with Gasteiger partial charge in [0.25, 0.3) is 0 Å². The van der Waals surface area contributed by atoms with Crippen LogP contribution in [0.4, 0.5) is 0 Å². The minimum atomic E-state index is 0.510. The molecule has 3 aromatic rings. The molecular weight excluding hydrogens is 336 g/mol. The molecule has 2 aromatic carbocycles. The molecule has 0 amide bonds. The summed E-state index contributed by atoms with van der Waals surface area (Å²) in [5, 5.41) is 2.42. The van der Waals surface area contributed by atoms with Gasteiger partial charge in [-0.2, -0.15) is 0 Å². The second-order valence-electron chi connectivity index (χ2n) is 6.11. The molecule has 1 aromatic heterocycles. The highest BCUT2D eigenvalue weighted by Gasteiger charge is 2.16. The van der Waals surface area contributed by atoms with Gasteiger partial charge < -0.3 is 4.42 Å². The van der Waals surface area contributed by atoms with Gasteiger partial charge in [0.05, 0.1) is 0 Å². The van der Waals surface area contributed by atoms with E-state index in [1.807, 2.05) is 0 Å². The predicted octanol–water partition coefficient (Wildman–Crippen LogP) is 4.73. The molecule has 1 unspecified atom stereocenters. The Kier molecular flexibility index (Phi) is 3.23. The highest BCUT2D eigenvalue weighted by Crippen LogP contribution is 2.27. The molecule has 110 valence electrons. The lowest BCUT2D eigenvalue weighted by molar-refractivity contribution is 0.567. The second kappa shape index (κ2) is 5.13. The summed E-state index contributed by atoms with van der Waals surface area (Å²) in [4.78, 5) is 0. The van der Waals surface area contributed by atoms with Crippen molar-refractivity contribution >= 4 is 37.5 Å². The first kappa shape index (κ1) is 13.8. The predicted molar refractivity (Wildman–Crippen MR) is 96.2 cm³/mol. The van der Waals surface area contributed by atoms with Crippen LogP contribution in [-0.2, 0) is 0 Å². The molecule has 2 heteroatoms. The lowest BCUT2D eigenvalue weighted by Gasteiger charge is -2.10. The van der Waals surface area contributed by atoms with E-state index in [2.05, 4.69) is 78.3 Å². The van der Waals surface area contributed by atoms with Crippen molar-refractivity contribution in [2.24, 2.45) is 5.92 Å². The van der Waals surface area contributed by atoms with Crippen molar-refractivity contribution in [1.29, 1.82) is 0 Å². The summed E-state index contributed by atoms with van der Waals surface area (Å²) >= 11 is 3.78. The number of fused-ring (bicyclic) bond motifs is 3. The second-order valence-corrected chi connectivity index (χ2v) is 6.96. The van der Waals surface area contributed by atoms with Crippen LogP contribution >= 0.6 is 15.9 Å². The van der Waals surface area contributed by atoms with Crippen molar-refractivity contribution in [2.45, 2.75) is 20.3 Å². The van der Waals surface area contributed by atoms with Crippen LogP contribution in [0.3, 0.4) is 0 Å². The van der Waals surface area contributed by atoms with Crippen LogP contribution in [0.2, 0.25) is 0 Å². The molecule has 22 heavy (non-hydrogen) atoms. The summed E-state index contributed by atoms with van der Waals surface area (Å²) < 4.78 is 7.27. The van der Waals surface area contributed by atoms with Crippen molar-refractivity contribution in [1.82, 2.24) is 0 Å². The standard InChI is InChI=1S/C20H17BrO/c1-12-4-3-5-14(10-12)15-7-9-17-16(11-15)19-18(22-17)8-6-13(2)20(19)21/h3-5,7-11,13H,6H2,1-2H3. The summed E-state index contributed by atoms with van der Waals surface area (Å²) in [5.41, 5.74) is 5.73. The third-order valence-corrected chi connectivity index (χ3v) is 5.57. The molecule has 0 saturated carbocycles. The zero-order chi connectivity index (χ0) is 15.3. The van der Waals surface area contributed by atoms with E-state index in [-0.39, 0.29) is 0 Å². The Hall–Kier alpha value is -1.80. The Labute approximate surface area is 138 Å². The number of furan rings is 1. The van der Waals surface area contributed by atoms with Gasteiger partial charge in [-0.25, -0.2) is 0 Å². The van der Waals surface area contributed by atoms with Gasteiger partial charge in [0, 0.05) is 15.1 Å². The molecule has 0 radical (unpaired) electrons. The first-order valence-corrected chi connectivity index (χ1v) is 8.42. The van der Waals surface area contributed by atoms with E-state index in [1.165, 1.54) is 31.8 Å². The average Bonchev–Trinajstić information content (AvgIpc) is 2.89. The summed E-state index contributed by atoms with van der Waals surface area (Å²) in [6.45, 7) is 4.37. The fraction of sp³-hybridized carbons (Fsp3) is 0.200. The first-order valence-electron chi connectivity index (χ1n) is 7.63. The Balaban J connectivity index is 2.03. The molecule has 1 aliphatic carbocycles. The van der Waals surface area contributed by atoms with E-state index in [0.29, 0.717) is 5.92 Å². The minimum Gasteiger partial charge on any atom is -0.456 e. The van der Waals surface area contributed by atoms with Crippen LogP contribution in [-0.4, -0.2) is 0 Å². The number of rotatable bonds is 1. The highest BCUT2D eigenvalue weighted by atomic mass is 79.9. The molecule has 1 heterocycles. The fourth-order valence-corrected chi connectivity index (χ4v) is 3.74. The highest BCUT2D eigenvalue weighted by molar-refractivity contribution is 9.14. The largest absolute Gasteiger partial charge is 0.456 e. The van der Waals surface area contributed by atoms with E-state index >= 15 is 0 Å². The minimum absolute atomic E-state index is 0.510. The molecule has 0 N–H and O–H groups in total. The quantitative estimate of drug-likeness (QED) is 0.616. The Morgan fingerprint density at radius 1 is 1.09 bits per heavy atom. The fourth-order valence-electron chi connectivity index (χ4n) is 3.14.